The largest absolute Gasteiger partial charge is 0.390 e. The lowest BCUT2D eigenvalue weighted by Crippen LogP contribution is -2.62. The van der Waals surface area contributed by atoms with Gasteiger partial charge in [-0.05, 0) is 26.1 Å². The molecule has 0 bridgehead atoms. The highest BCUT2D eigenvalue weighted by Gasteiger charge is 2.42. The molecule has 1 aliphatic rings. The van der Waals surface area contributed by atoms with E-state index in [0.29, 0.717) is 25.9 Å². The summed E-state index contributed by atoms with van der Waals surface area (Å²) in [5.41, 5.74) is -0.293. The van der Waals surface area contributed by atoms with Crippen LogP contribution in [0.2, 0.25) is 0 Å². The summed E-state index contributed by atoms with van der Waals surface area (Å²) < 4.78 is 0. The summed E-state index contributed by atoms with van der Waals surface area (Å²) in [6.07, 6.45) is -0.0551. The van der Waals surface area contributed by atoms with Crippen LogP contribution in [0.25, 0.3) is 0 Å². The minimum absolute atomic E-state index is 0.00900. The van der Waals surface area contributed by atoms with Crippen LogP contribution in [-0.2, 0) is 11.2 Å². The average molecular weight is 292 g/mol. The molecule has 1 heterocycles. The number of hydrogen-bond donors (Lipinski definition) is 2. The number of hydrogen-bond acceptors (Lipinski definition) is 4. The van der Waals surface area contributed by atoms with E-state index in [4.69, 9.17) is 0 Å². The lowest BCUT2D eigenvalue weighted by Gasteiger charge is -2.43. The van der Waals surface area contributed by atoms with Gasteiger partial charge in [0.2, 0.25) is 5.91 Å². The fraction of sp³-hybridized carbons (Fsp3) is 0.562. The van der Waals surface area contributed by atoms with Crippen molar-refractivity contribution < 1.29 is 15.0 Å². The molecule has 1 aliphatic heterocycles. The predicted molar refractivity (Wildman–Crippen MR) is 80.9 cm³/mol. The minimum atomic E-state index is -1.26. The summed E-state index contributed by atoms with van der Waals surface area (Å²) >= 11 is 0. The van der Waals surface area contributed by atoms with Crippen molar-refractivity contribution in [3.8, 4) is 0 Å². The maximum atomic E-state index is 12.4. The molecule has 0 spiro atoms. The minimum Gasteiger partial charge on any atom is -0.390 e. The third-order valence-electron chi connectivity index (χ3n) is 3.90. The Hall–Kier alpha value is -1.43. The molecule has 5 heteroatoms. The van der Waals surface area contributed by atoms with Gasteiger partial charge in [0.25, 0.3) is 0 Å². The molecule has 1 aromatic carbocycles. The number of likely N-dealkylation sites (tertiary alicyclic amines) is 1. The average Bonchev–Trinajstić information content (AvgIpc) is 2.42. The van der Waals surface area contributed by atoms with Gasteiger partial charge in [-0.2, -0.15) is 0 Å². The van der Waals surface area contributed by atoms with Gasteiger partial charge in [-0.25, -0.2) is 0 Å². The first-order chi connectivity index (χ1) is 9.90. The van der Waals surface area contributed by atoms with E-state index in [2.05, 4.69) is 0 Å². The molecule has 1 fully saturated rings. The zero-order chi connectivity index (χ0) is 15.5. The molecule has 2 atom stereocenters. The number of piperidine rings is 1. The van der Waals surface area contributed by atoms with Crippen molar-refractivity contribution in [1.29, 1.82) is 0 Å². The van der Waals surface area contributed by atoms with E-state index in [0.717, 1.165) is 5.56 Å². The van der Waals surface area contributed by atoms with Gasteiger partial charge in [0, 0.05) is 13.1 Å². The number of carbonyl (C=O) groups excluding carboxylic acids is 1. The molecule has 2 rings (SSSR count). The van der Waals surface area contributed by atoms with Crippen molar-refractivity contribution >= 4 is 5.91 Å². The van der Waals surface area contributed by atoms with Gasteiger partial charge in [-0.3, -0.25) is 4.79 Å². The van der Waals surface area contributed by atoms with Crippen molar-refractivity contribution in [2.45, 2.75) is 24.5 Å². The summed E-state index contributed by atoms with van der Waals surface area (Å²) in [5.74, 6) is -0.00900. The monoisotopic (exact) mass is 292 g/mol. The predicted octanol–water partition coefficient (Wildman–Crippen LogP) is 0.115. The maximum absolute atomic E-state index is 12.4. The Morgan fingerprint density at radius 2 is 2.05 bits per heavy atom. The second kappa shape index (κ2) is 6.56. The van der Waals surface area contributed by atoms with Crippen molar-refractivity contribution in [2.75, 3.05) is 33.7 Å². The van der Waals surface area contributed by atoms with Gasteiger partial charge in [-0.1, -0.05) is 30.3 Å². The van der Waals surface area contributed by atoms with Gasteiger partial charge < -0.3 is 20.0 Å². The second-order valence-corrected chi connectivity index (χ2v) is 6.12. The van der Waals surface area contributed by atoms with E-state index in [9.17, 15) is 15.0 Å². The summed E-state index contributed by atoms with van der Waals surface area (Å²) in [6, 6.07) is 9.57. The number of nitrogens with zero attached hydrogens (tertiary/aromatic N) is 2. The van der Waals surface area contributed by atoms with Crippen LogP contribution in [0.15, 0.2) is 30.3 Å². The molecule has 1 aromatic rings. The molecule has 116 valence electrons. The number of aliphatic hydroxyl groups excluding tert-OH is 1. The zero-order valence-corrected chi connectivity index (χ0v) is 12.7. The molecule has 2 N–H and O–H groups in total. The quantitative estimate of drug-likeness (QED) is 0.827. The molecule has 1 saturated heterocycles. The fourth-order valence-electron chi connectivity index (χ4n) is 2.86. The Morgan fingerprint density at radius 3 is 2.67 bits per heavy atom. The third-order valence-corrected chi connectivity index (χ3v) is 3.90. The second-order valence-electron chi connectivity index (χ2n) is 6.12. The Balaban J connectivity index is 2.02. The topological polar surface area (TPSA) is 64.0 Å². The van der Waals surface area contributed by atoms with E-state index in [-0.39, 0.29) is 12.5 Å². The number of β-amino-alcohol motifs (C(OH)–C–C–N with tert-alkyl or cyclic N) is 1. The van der Waals surface area contributed by atoms with Gasteiger partial charge in [-0.15, -0.1) is 0 Å². The summed E-state index contributed by atoms with van der Waals surface area (Å²) in [6.45, 7) is 1.00. The number of carbonyl (C=O) groups is 1. The maximum Gasteiger partial charge on any atom is 0.227 e. The van der Waals surface area contributed by atoms with Crippen molar-refractivity contribution in [1.82, 2.24) is 9.80 Å². The van der Waals surface area contributed by atoms with Gasteiger partial charge in [0.05, 0.1) is 19.1 Å². The molecule has 0 radical (unpaired) electrons. The van der Waals surface area contributed by atoms with Crippen molar-refractivity contribution in [2.24, 2.45) is 0 Å². The molecule has 0 aromatic heterocycles. The Morgan fingerprint density at radius 1 is 1.38 bits per heavy atom. The van der Waals surface area contributed by atoms with Gasteiger partial charge in [0.1, 0.15) is 5.60 Å². The van der Waals surface area contributed by atoms with Crippen LogP contribution in [-0.4, -0.2) is 71.4 Å². The van der Waals surface area contributed by atoms with E-state index >= 15 is 0 Å². The number of benzene rings is 1. The first-order valence-electron chi connectivity index (χ1n) is 7.27. The number of likely N-dealkylation sites (N-methyl/N-ethyl adjacent to an activating group) is 1. The van der Waals surface area contributed by atoms with Crippen LogP contribution in [0, 0.1) is 0 Å². The van der Waals surface area contributed by atoms with Crippen LogP contribution in [0.5, 0.6) is 0 Å². The van der Waals surface area contributed by atoms with E-state index in [1.165, 1.54) is 0 Å². The molecular weight excluding hydrogens is 268 g/mol. The smallest absolute Gasteiger partial charge is 0.227 e. The van der Waals surface area contributed by atoms with E-state index in [1.807, 2.05) is 49.3 Å². The molecule has 21 heavy (non-hydrogen) atoms. The Bertz CT molecular complexity index is 478. The van der Waals surface area contributed by atoms with Crippen LogP contribution < -0.4 is 0 Å². The summed E-state index contributed by atoms with van der Waals surface area (Å²) in [7, 11) is 3.69. The zero-order valence-electron chi connectivity index (χ0n) is 12.7. The summed E-state index contributed by atoms with van der Waals surface area (Å²) in [5, 5.41) is 20.7. The Kier molecular flexibility index (Phi) is 4.98. The number of rotatable bonds is 4. The molecule has 0 aliphatic carbocycles. The van der Waals surface area contributed by atoms with Crippen LogP contribution in [0.1, 0.15) is 12.0 Å². The van der Waals surface area contributed by atoms with Crippen LogP contribution in [0.3, 0.4) is 0 Å². The normalized spacial score (nSPS) is 26.1. The first-order valence-corrected chi connectivity index (χ1v) is 7.27. The molecule has 0 saturated carbocycles. The van der Waals surface area contributed by atoms with Crippen molar-refractivity contribution in [3.63, 3.8) is 0 Å². The van der Waals surface area contributed by atoms with Crippen LogP contribution >= 0.6 is 0 Å². The van der Waals surface area contributed by atoms with E-state index in [1.54, 1.807) is 4.90 Å². The van der Waals surface area contributed by atoms with Gasteiger partial charge >= 0.3 is 0 Å². The highest BCUT2D eigenvalue weighted by Crippen LogP contribution is 2.23. The first kappa shape index (κ1) is 15.9. The van der Waals surface area contributed by atoms with E-state index < -0.39 is 11.7 Å². The third kappa shape index (κ3) is 4.03. The molecule has 5 nitrogen and oxygen atoms in total. The van der Waals surface area contributed by atoms with Crippen LogP contribution in [0.4, 0.5) is 0 Å². The SMILES string of the molecule is CN(C)C[C@]1(O)CN(C(=O)Cc2ccccc2)CC[C@H]1O. The molecule has 1 amide bonds. The lowest BCUT2D eigenvalue weighted by atomic mass is 9.89. The van der Waals surface area contributed by atoms with Gasteiger partial charge in [0.15, 0.2) is 0 Å². The Labute approximate surface area is 125 Å². The number of amides is 1. The molecule has 0 unspecified atom stereocenters. The molecular formula is C16H24N2O3. The van der Waals surface area contributed by atoms with Crippen molar-refractivity contribution in [3.05, 3.63) is 35.9 Å². The number of aliphatic hydroxyl groups is 2. The summed E-state index contributed by atoms with van der Waals surface area (Å²) in [4.78, 5) is 15.9. The highest BCUT2D eigenvalue weighted by atomic mass is 16.3. The standard InChI is InChI=1S/C16H24N2O3/c1-17(2)11-16(21)12-18(9-8-14(16)19)15(20)10-13-6-4-3-5-7-13/h3-7,14,19,21H,8-12H2,1-2H3/t14-,16+/m1/s1. The lowest BCUT2D eigenvalue weighted by molar-refractivity contribution is -0.154. The highest BCUT2D eigenvalue weighted by molar-refractivity contribution is 5.79. The fourth-order valence-corrected chi connectivity index (χ4v) is 2.86.